The molecule has 0 spiro atoms. The predicted octanol–water partition coefficient (Wildman–Crippen LogP) is 3.63. The highest BCUT2D eigenvalue weighted by atomic mass is 32.1. The molecule has 0 saturated heterocycles. The van der Waals surface area contributed by atoms with Crippen LogP contribution in [0, 0.1) is 0 Å². The summed E-state index contributed by atoms with van der Waals surface area (Å²) in [6, 6.07) is 8.13. The van der Waals surface area contributed by atoms with E-state index in [4.69, 9.17) is 4.74 Å². The maximum atomic E-state index is 12.5. The monoisotopic (exact) mass is 416 g/mol. The van der Waals surface area contributed by atoms with Gasteiger partial charge in [0.05, 0.1) is 48.0 Å². The maximum absolute atomic E-state index is 12.5. The summed E-state index contributed by atoms with van der Waals surface area (Å²) in [5, 5.41) is 7.29. The third-order valence-corrected chi connectivity index (χ3v) is 5.68. The van der Waals surface area contributed by atoms with Crippen molar-refractivity contribution < 1.29 is 23.9 Å². The average Bonchev–Trinajstić information content (AvgIpc) is 3.38. The van der Waals surface area contributed by atoms with Gasteiger partial charge in [0.15, 0.2) is 0 Å². The molecular weight excluding hydrogens is 400 g/mol. The summed E-state index contributed by atoms with van der Waals surface area (Å²) in [5.41, 5.74) is 1.14. The van der Waals surface area contributed by atoms with Crippen LogP contribution in [0.15, 0.2) is 41.1 Å². The van der Waals surface area contributed by atoms with E-state index in [1.54, 1.807) is 11.3 Å². The zero-order valence-electron chi connectivity index (χ0n) is 15.1. The van der Waals surface area contributed by atoms with Crippen molar-refractivity contribution in [3.8, 4) is 9.88 Å². The van der Waals surface area contributed by atoms with E-state index in [1.807, 2.05) is 22.9 Å². The second-order valence-corrected chi connectivity index (χ2v) is 7.40. The molecule has 9 heteroatoms. The molecule has 0 atom stereocenters. The first-order valence-electron chi connectivity index (χ1n) is 8.10. The molecule has 0 radical (unpaired) electrons. The van der Waals surface area contributed by atoms with E-state index in [0.717, 1.165) is 9.88 Å². The first-order chi connectivity index (χ1) is 13.5. The fourth-order valence-electron chi connectivity index (χ4n) is 2.44. The molecule has 2 aromatic heterocycles. The van der Waals surface area contributed by atoms with Crippen LogP contribution in [0.1, 0.15) is 26.4 Å². The first-order valence-corrected chi connectivity index (χ1v) is 9.86. The molecule has 0 aliphatic heterocycles. The molecule has 2 heterocycles. The molecule has 144 valence electrons. The average molecular weight is 416 g/mol. The van der Waals surface area contributed by atoms with Crippen LogP contribution in [0.5, 0.6) is 0 Å². The highest BCUT2D eigenvalue weighted by Crippen LogP contribution is 2.28. The lowest BCUT2D eigenvalue weighted by atomic mass is 10.1. The Labute approximate surface area is 168 Å². The summed E-state index contributed by atoms with van der Waals surface area (Å²) in [7, 11) is 2.49. The highest BCUT2D eigenvalue weighted by Gasteiger charge is 2.18. The van der Waals surface area contributed by atoms with E-state index < -0.39 is 11.9 Å². The quantitative estimate of drug-likeness (QED) is 0.617. The SMILES string of the molecule is COC(=O)c1ccc(C(=O)OC)c(NC(=O)Cc2csc(-c3cccs3)n2)c1. The van der Waals surface area contributed by atoms with Gasteiger partial charge >= 0.3 is 11.9 Å². The molecule has 0 saturated carbocycles. The van der Waals surface area contributed by atoms with Crippen molar-refractivity contribution >= 4 is 46.2 Å². The largest absolute Gasteiger partial charge is 0.465 e. The molecule has 0 aliphatic carbocycles. The third-order valence-electron chi connectivity index (χ3n) is 3.75. The molecule has 0 unspecified atom stereocenters. The van der Waals surface area contributed by atoms with E-state index in [0.29, 0.717) is 5.69 Å². The van der Waals surface area contributed by atoms with Crippen molar-refractivity contribution in [3.05, 3.63) is 57.9 Å². The van der Waals surface area contributed by atoms with Gasteiger partial charge in [-0.3, -0.25) is 4.79 Å². The molecule has 7 nitrogen and oxygen atoms in total. The lowest BCUT2D eigenvalue weighted by molar-refractivity contribution is -0.115. The molecule has 0 bridgehead atoms. The van der Waals surface area contributed by atoms with Crippen LogP contribution in [-0.4, -0.2) is 37.0 Å². The van der Waals surface area contributed by atoms with Crippen molar-refractivity contribution in [2.24, 2.45) is 0 Å². The molecule has 1 N–H and O–H groups in total. The topological polar surface area (TPSA) is 94.6 Å². The number of anilines is 1. The Bertz CT molecular complexity index is 1010. The van der Waals surface area contributed by atoms with Crippen molar-refractivity contribution in [1.29, 1.82) is 0 Å². The number of benzene rings is 1. The lowest BCUT2D eigenvalue weighted by Gasteiger charge is -2.11. The summed E-state index contributed by atoms with van der Waals surface area (Å²) in [4.78, 5) is 41.7. The molecular formula is C19H16N2O5S2. The predicted molar refractivity (Wildman–Crippen MR) is 107 cm³/mol. The number of thiazole rings is 1. The minimum atomic E-state index is -0.625. The summed E-state index contributed by atoms with van der Waals surface area (Å²) in [5.74, 6) is -1.57. The summed E-state index contributed by atoms with van der Waals surface area (Å²) >= 11 is 3.04. The van der Waals surface area contributed by atoms with E-state index >= 15 is 0 Å². The van der Waals surface area contributed by atoms with Crippen LogP contribution in [0.3, 0.4) is 0 Å². The number of thiophene rings is 1. The maximum Gasteiger partial charge on any atom is 0.339 e. The molecule has 28 heavy (non-hydrogen) atoms. The standard InChI is InChI=1S/C19H16N2O5S2/c1-25-18(23)11-5-6-13(19(24)26-2)14(8-11)21-16(22)9-12-10-28-17(20-12)15-4-3-7-27-15/h3-8,10H,9H2,1-2H3,(H,21,22). The number of carbonyl (C=O) groups is 3. The summed E-state index contributed by atoms with van der Waals surface area (Å²) in [6.45, 7) is 0. The van der Waals surface area contributed by atoms with Crippen molar-refractivity contribution in [1.82, 2.24) is 4.98 Å². The van der Waals surface area contributed by atoms with Crippen LogP contribution in [0.4, 0.5) is 5.69 Å². The number of nitrogens with one attached hydrogen (secondary N) is 1. The van der Waals surface area contributed by atoms with Gasteiger partial charge in [-0.1, -0.05) is 6.07 Å². The fourth-order valence-corrected chi connectivity index (χ4v) is 4.07. The van der Waals surface area contributed by atoms with Gasteiger partial charge in [-0.15, -0.1) is 22.7 Å². The van der Waals surface area contributed by atoms with E-state index in [-0.39, 0.29) is 29.1 Å². The van der Waals surface area contributed by atoms with Crippen LogP contribution < -0.4 is 5.32 Å². The van der Waals surface area contributed by atoms with Gasteiger partial charge in [-0.25, -0.2) is 14.6 Å². The summed E-state index contributed by atoms with van der Waals surface area (Å²) < 4.78 is 9.41. The van der Waals surface area contributed by atoms with Crippen molar-refractivity contribution in [2.45, 2.75) is 6.42 Å². The van der Waals surface area contributed by atoms with E-state index in [2.05, 4.69) is 15.0 Å². The second-order valence-electron chi connectivity index (χ2n) is 5.59. The van der Waals surface area contributed by atoms with E-state index in [1.165, 1.54) is 43.8 Å². The molecule has 3 aromatic rings. The zero-order chi connectivity index (χ0) is 20.1. The number of methoxy groups -OCH3 is 2. The third kappa shape index (κ3) is 4.44. The number of hydrogen-bond acceptors (Lipinski definition) is 8. The van der Waals surface area contributed by atoms with Crippen LogP contribution >= 0.6 is 22.7 Å². The molecule has 1 amide bonds. The van der Waals surface area contributed by atoms with Crippen LogP contribution in [-0.2, 0) is 20.7 Å². The summed E-state index contributed by atoms with van der Waals surface area (Å²) in [6.07, 6.45) is 0.0327. The normalized spacial score (nSPS) is 10.4. The minimum absolute atomic E-state index is 0.0327. The van der Waals surface area contributed by atoms with Crippen molar-refractivity contribution in [3.63, 3.8) is 0 Å². The molecule has 1 aromatic carbocycles. The van der Waals surface area contributed by atoms with Gasteiger partial charge in [0.1, 0.15) is 5.01 Å². The smallest absolute Gasteiger partial charge is 0.339 e. The molecule has 0 fully saturated rings. The Kier molecular flexibility index (Phi) is 6.17. The number of esters is 2. The fraction of sp³-hybridized carbons (Fsp3) is 0.158. The van der Waals surface area contributed by atoms with E-state index in [9.17, 15) is 14.4 Å². The van der Waals surface area contributed by atoms with Gasteiger partial charge in [0.2, 0.25) is 5.91 Å². The number of rotatable bonds is 6. The number of amides is 1. The van der Waals surface area contributed by atoms with Gasteiger partial charge < -0.3 is 14.8 Å². The number of ether oxygens (including phenoxy) is 2. The Morgan fingerprint density at radius 3 is 2.54 bits per heavy atom. The Morgan fingerprint density at radius 2 is 1.86 bits per heavy atom. The number of carbonyl (C=O) groups excluding carboxylic acids is 3. The van der Waals surface area contributed by atoms with Gasteiger partial charge in [-0.05, 0) is 29.6 Å². The number of nitrogens with zero attached hydrogens (tertiary/aromatic N) is 1. The number of aromatic nitrogens is 1. The Morgan fingerprint density at radius 1 is 1.07 bits per heavy atom. The second kappa shape index (κ2) is 8.77. The van der Waals surface area contributed by atoms with Crippen LogP contribution in [0.2, 0.25) is 0 Å². The van der Waals surface area contributed by atoms with Crippen molar-refractivity contribution in [2.75, 3.05) is 19.5 Å². The van der Waals surface area contributed by atoms with Gasteiger partial charge in [0.25, 0.3) is 0 Å². The minimum Gasteiger partial charge on any atom is -0.465 e. The lowest BCUT2D eigenvalue weighted by Crippen LogP contribution is -2.18. The van der Waals surface area contributed by atoms with Gasteiger partial charge in [-0.2, -0.15) is 0 Å². The Balaban J connectivity index is 1.78. The number of hydrogen-bond donors (Lipinski definition) is 1. The Hall–Kier alpha value is -3.04. The molecule has 0 aliphatic rings. The van der Waals surface area contributed by atoms with Gasteiger partial charge in [0, 0.05) is 5.38 Å². The first kappa shape index (κ1) is 19.7. The zero-order valence-corrected chi connectivity index (χ0v) is 16.7. The molecule has 3 rings (SSSR count). The highest BCUT2D eigenvalue weighted by molar-refractivity contribution is 7.20. The van der Waals surface area contributed by atoms with Crippen LogP contribution in [0.25, 0.3) is 9.88 Å².